The van der Waals surface area contributed by atoms with Crippen molar-refractivity contribution < 1.29 is 148 Å². The summed E-state index contributed by atoms with van der Waals surface area (Å²) in [5, 5.41) is 67.7. The molecule has 2 unspecified atom stereocenters. The molecule has 3 aromatic carbocycles. The standard InChI is InChI=1S/C15H12N4O2.C11H10N4O2.C6H5FN2O2.C6H12O2.C3H2N2.CH2O3.2K.H/c1-2-18-14-9-11(19(20)21)5-6-12(14)13(10-16)15(18)17-7-3-4-8-17;1-2-14-10-5-7(15(16)17)3-4-8(10)9(6-12)11(14)13;7-5-2-1-4(9(10)11)3-6(5)8;1-5-3-4-6(7-2)8-5;1-5-3-2-4;2-1-4-3;;;/h3-9H,2H2,1H3;3-5H,2,13H2,1H3;1-3H,8H2;5-6H,3-4H2,1-2H3;3H2;1,3H;;;/q;;;;;;2*+1;-1/p-1. The molecule has 1 saturated heterocycles. The maximum atomic E-state index is 12.4. The molecular formula is C42H43FK2N12O11. The van der Waals surface area contributed by atoms with Crippen LogP contribution in [0.2, 0.25) is 0 Å². The summed E-state index contributed by atoms with van der Waals surface area (Å²) in [6.07, 6.45) is 6.38. The Morgan fingerprint density at radius 3 is 1.69 bits per heavy atom. The number of ether oxygens (including phenoxy) is 2. The van der Waals surface area contributed by atoms with Crippen LogP contribution in [-0.2, 0) is 32.2 Å². The van der Waals surface area contributed by atoms with Crippen LogP contribution in [0.4, 0.5) is 33.0 Å². The van der Waals surface area contributed by atoms with E-state index in [-0.39, 0.29) is 146 Å². The predicted molar refractivity (Wildman–Crippen MR) is 235 cm³/mol. The number of nitrogens with two attached hydrogens (primary N) is 2. The van der Waals surface area contributed by atoms with Crippen LogP contribution in [0, 0.1) is 76.7 Å². The average Bonchev–Trinajstić information content (AvgIpc) is 4.12. The molecule has 1 fully saturated rings. The van der Waals surface area contributed by atoms with Crippen LogP contribution in [0.3, 0.4) is 0 Å². The quantitative estimate of drug-likeness (QED) is 0.0310. The molecule has 4 N–H and O–H groups in total. The summed E-state index contributed by atoms with van der Waals surface area (Å²) in [4.78, 5) is 44.2. The summed E-state index contributed by atoms with van der Waals surface area (Å²) in [6, 6.07) is 21.6. The van der Waals surface area contributed by atoms with Gasteiger partial charge in [0.05, 0.1) is 37.6 Å². The smallest absolute Gasteiger partial charge is 1.00 e. The zero-order valence-corrected chi connectivity index (χ0v) is 44.0. The second-order valence-corrected chi connectivity index (χ2v) is 13.0. The Hall–Kier alpha value is -5.67. The molecule has 346 valence electrons. The number of fused-ring (bicyclic) bond motifs is 2. The van der Waals surface area contributed by atoms with E-state index in [1.165, 1.54) is 24.3 Å². The van der Waals surface area contributed by atoms with E-state index in [0.717, 1.165) is 42.2 Å². The number of nitrogen functional groups attached to an aromatic ring is 2. The number of nitro benzene ring substituents is 3. The van der Waals surface area contributed by atoms with Crippen LogP contribution in [0.1, 0.15) is 46.2 Å². The average molecular weight is 989 g/mol. The van der Waals surface area contributed by atoms with E-state index < -0.39 is 20.6 Å². The first-order valence-corrected chi connectivity index (χ1v) is 19.1. The molecule has 6 aromatic rings. The van der Waals surface area contributed by atoms with Gasteiger partial charge in [-0.2, -0.15) is 15.8 Å². The van der Waals surface area contributed by atoms with Gasteiger partial charge in [0.2, 0.25) is 0 Å². The predicted octanol–water partition coefficient (Wildman–Crippen LogP) is 0.713. The Balaban J connectivity index is 0. The van der Waals surface area contributed by atoms with Gasteiger partial charge in [0, 0.05) is 86.2 Å². The summed E-state index contributed by atoms with van der Waals surface area (Å²) < 4.78 is 28.1. The van der Waals surface area contributed by atoms with Crippen molar-refractivity contribution >= 4 is 56.8 Å². The number of benzene rings is 3. The SMILES string of the molecule is CCn1c(-n2cccc2)c(C#N)c2ccc([N+](=O)[O-])cc21.CCn1c(N)c(C#N)c2ccc([N+](=O)[O-])cc21.COC1CCC(C)O1.Nc1cc([N+](=O)[O-])ccc1F.O=CO[O-].[C-]#[N+]CC#N.[H-].[K+].[K+]. The molecule has 1 aliphatic heterocycles. The third kappa shape index (κ3) is 17.4. The van der Waals surface area contributed by atoms with Gasteiger partial charge in [-0.15, -0.1) is 0 Å². The van der Waals surface area contributed by atoms with E-state index >= 15 is 0 Å². The topological polar surface area (TPSA) is 340 Å². The number of halogens is 1. The number of aryl methyl sites for hydroxylation is 2. The van der Waals surface area contributed by atoms with Crippen molar-refractivity contribution in [1.82, 2.24) is 13.7 Å². The van der Waals surface area contributed by atoms with Gasteiger partial charge in [-0.05, 0) is 57.5 Å². The molecule has 2 atom stereocenters. The van der Waals surface area contributed by atoms with Gasteiger partial charge in [0.25, 0.3) is 30.1 Å². The fraction of sp³-hybridized carbons (Fsp3) is 0.262. The zero-order valence-electron chi connectivity index (χ0n) is 38.8. The summed E-state index contributed by atoms with van der Waals surface area (Å²) >= 11 is 0. The third-order valence-electron chi connectivity index (χ3n) is 9.07. The molecule has 0 bridgehead atoms. The number of carbonyl (C=O) groups excluding carboxylic acids is 1. The number of hydrogen-bond acceptors (Lipinski definition) is 16. The van der Waals surface area contributed by atoms with E-state index in [0.29, 0.717) is 52.6 Å². The van der Waals surface area contributed by atoms with Crippen LogP contribution in [-0.4, -0.2) is 61.0 Å². The van der Waals surface area contributed by atoms with Crippen molar-refractivity contribution in [3.05, 3.63) is 138 Å². The number of anilines is 2. The van der Waals surface area contributed by atoms with Crippen LogP contribution in [0.5, 0.6) is 0 Å². The summed E-state index contributed by atoms with van der Waals surface area (Å²) in [6.45, 7) is 12.9. The minimum atomic E-state index is -0.643. The number of methoxy groups -OCH3 is 1. The molecule has 7 rings (SSSR count). The Morgan fingerprint density at radius 1 is 0.868 bits per heavy atom. The molecule has 26 heteroatoms. The molecule has 0 aliphatic carbocycles. The van der Waals surface area contributed by atoms with Gasteiger partial charge >= 0.3 is 103 Å². The van der Waals surface area contributed by atoms with Crippen LogP contribution in [0.25, 0.3) is 32.5 Å². The van der Waals surface area contributed by atoms with Crippen molar-refractivity contribution in [1.29, 1.82) is 15.8 Å². The van der Waals surface area contributed by atoms with E-state index in [9.17, 15) is 40.0 Å². The van der Waals surface area contributed by atoms with Crippen molar-refractivity contribution in [2.45, 2.75) is 59.1 Å². The molecule has 1 aliphatic rings. The van der Waals surface area contributed by atoms with Gasteiger partial charge < -0.3 is 51.1 Å². The maximum Gasteiger partial charge on any atom is 1.00 e. The Morgan fingerprint density at radius 2 is 1.34 bits per heavy atom. The van der Waals surface area contributed by atoms with Gasteiger partial charge in [-0.3, -0.25) is 35.1 Å². The number of nitro groups is 3. The second-order valence-electron chi connectivity index (χ2n) is 13.0. The molecule has 0 radical (unpaired) electrons. The fourth-order valence-corrected chi connectivity index (χ4v) is 6.16. The number of hydrogen-bond donors (Lipinski definition) is 2. The Labute approximate surface area is 474 Å². The van der Waals surface area contributed by atoms with Crippen LogP contribution < -0.4 is 119 Å². The first-order valence-electron chi connectivity index (χ1n) is 19.1. The largest absolute Gasteiger partial charge is 1.00 e. The van der Waals surface area contributed by atoms with E-state index in [4.69, 9.17) is 48.1 Å². The summed E-state index contributed by atoms with van der Waals surface area (Å²) in [5.74, 6) is 0.446. The first kappa shape index (κ1) is 62.3. The van der Waals surface area contributed by atoms with Gasteiger partial charge in [-0.25, -0.2) is 11.0 Å². The van der Waals surface area contributed by atoms with Gasteiger partial charge in [0.1, 0.15) is 46.8 Å². The van der Waals surface area contributed by atoms with E-state index in [1.807, 2.05) is 53.6 Å². The van der Waals surface area contributed by atoms with Gasteiger partial charge in [0.15, 0.2) is 6.29 Å². The van der Waals surface area contributed by atoms with Crippen molar-refractivity contribution in [2.24, 2.45) is 0 Å². The molecule has 0 saturated carbocycles. The minimum absolute atomic E-state index is 0. The summed E-state index contributed by atoms with van der Waals surface area (Å²) in [5.41, 5.74) is 12.7. The first-order chi connectivity index (χ1) is 31.5. The number of nitriles is 3. The van der Waals surface area contributed by atoms with Crippen molar-refractivity contribution in [2.75, 3.05) is 25.1 Å². The number of aromatic nitrogens is 3. The number of carbonyl (C=O) groups is 1. The molecule has 0 amide bonds. The Bertz CT molecular complexity index is 2810. The third-order valence-corrected chi connectivity index (χ3v) is 9.07. The number of nitrogens with zero attached hydrogens (tertiary/aromatic N) is 10. The van der Waals surface area contributed by atoms with Gasteiger partial charge in [-0.1, -0.05) is 0 Å². The van der Waals surface area contributed by atoms with E-state index in [2.05, 4.69) is 22.7 Å². The fourth-order valence-electron chi connectivity index (χ4n) is 6.16. The summed E-state index contributed by atoms with van der Waals surface area (Å²) in [7, 11) is 1.68. The normalized spacial score (nSPS) is 12.6. The molecule has 0 spiro atoms. The Kier molecular flexibility index (Phi) is 29.5. The molecular weight excluding hydrogens is 946 g/mol. The minimum Gasteiger partial charge on any atom is -1.00 e. The number of non-ortho nitro benzene ring substituents is 3. The van der Waals surface area contributed by atoms with Crippen LogP contribution >= 0.6 is 0 Å². The molecule has 23 nitrogen and oxygen atoms in total. The van der Waals surface area contributed by atoms with E-state index in [1.54, 1.807) is 29.9 Å². The maximum absolute atomic E-state index is 12.4. The zero-order chi connectivity index (χ0) is 49.5. The van der Waals surface area contributed by atoms with Crippen LogP contribution in [0.15, 0.2) is 79.1 Å². The number of rotatable bonds is 8. The van der Waals surface area contributed by atoms with Crippen molar-refractivity contribution in [3.63, 3.8) is 0 Å². The monoisotopic (exact) mass is 988 g/mol. The second kappa shape index (κ2) is 32.1. The molecule has 4 heterocycles. The van der Waals surface area contributed by atoms with Crippen molar-refractivity contribution in [3.8, 4) is 24.0 Å². The molecule has 3 aromatic heterocycles. The molecule has 68 heavy (non-hydrogen) atoms.